The van der Waals surface area contributed by atoms with E-state index in [1.54, 1.807) is 0 Å². The Morgan fingerprint density at radius 2 is 1.38 bits per heavy atom. The quantitative estimate of drug-likeness (QED) is 0.595. The van der Waals surface area contributed by atoms with Gasteiger partial charge in [0.2, 0.25) is 0 Å². The molecule has 0 amide bonds. The van der Waals surface area contributed by atoms with Crippen LogP contribution in [0.4, 0.5) is 0 Å². The number of rotatable bonds is 2. The third-order valence-electron chi connectivity index (χ3n) is 4.29. The molecule has 0 bridgehead atoms. The Hall–Kier alpha value is 0. The Morgan fingerprint density at radius 3 is 1.77 bits per heavy atom. The van der Waals surface area contributed by atoms with Crippen molar-refractivity contribution in [2.45, 2.75) is 53.9 Å². The van der Waals surface area contributed by atoms with E-state index in [9.17, 15) is 0 Å². The minimum atomic E-state index is 0.855. The molecule has 0 aromatic heterocycles. The van der Waals surface area contributed by atoms with Gasteiger partial charge < -0.3 is 0 Å². The molecular weight excluding hydrogens is 156 g/mol. The van der Waals surface area contributed by atoms with Gasteiger partial charge in [-0.2, -0.15) is 0 Å². The second-order valence-corrected chi connectivity index (χ2v) is 5.57. The molecular formula is C13H26. The number of hydrogen-bond donors (Lipinski definition) is 0. The van der Waals surface area contributed by atoms with Crippen LogP contribution in [0.2, 0.25) is 0 Å². The van der Waals surface area contributed by atoms with Crippen LogP contribution < -0.4 is 0 Å². The zero-order chi connectivity index (χ0) is 10.0. The van der Waals surface area contributed by atoms with E-state index in [0.717, 1.165) is 29.6 Å². The van der Waals surface area contributed by atoms with E-state index in [2.05, 4.69) is 34.6 Å². The molecule has 0 aromatic rings. The molecule has 0 heterocycles. The van der Waals surface area contributed by atoms with E-state index in [1.165, 1.54) is 19.3 Å². The van der Waals surface area contributed by atoms with Crippen LogP contribution in [0.5, 0.6) is 0 Å². The van der Waals surface area contributed by atoms with Crippen LogP contribution in [0.25, 0.3) is 0 Å². The van der Waals surface area contributed by atoms with Crippen molar-refractivity contribution in [3.05, 3.63) is 0 Å². The van der Waals surface area contributed by atoms with Crippen LogP contribution in [-0.4, -0.2) is 0 Å². The Bertz CT molecular complexity index is 138. The summed E-state index contributed by atoms with van der Waals surface area (Å²) < 4.78 is 0. The Balaban J connectivity index is 2.62. The van der Waals surface area contributed by atoms with Crippen molar-refractivity contribution in [2.24, 2.45) is 29.6 Å². The van der Waals surface area contributed by atoms with Gasteiger partial charge in [-0.25, -0.2) is 0 Å². The maximum absolute atomic E-state index is 2.46. The SMILES string of the molecule is CC(C)C(C)C1C(C)CCCC1C. The summed E-state index contributed by atoms with van der Waals surface area (Å²) in [6, 6.07) is 0. The minimum absolute atomic E-state index is 0.855. The van der Waals surface area contributed by atoms with E-state index in [-0.39, 0.29) is 0 Å². The molecule has 0 aromatic carbocycles. The highest BCUT2D eigenvalue weighted by Gasteiger charge is 2.32. The lowest BCUT2D eigenvalue weighted by Crippen LogP contribution is -2.32. The summed E-state index contributed by atoms with van der Waals surface area (Å²) in [6.45, 7) is 12.1. The van der Waals surface area contributed by atoms with Crippen LogP contribution in [0.3, 0.4) is 0 Å². The standard InChI is InChI=1S/C13H26/c1-9(2)12(5)13-10(3)7-6-8-11(13)4/h9-13H,6-8H2,1-5H3. The molecule has 3 atom stereocenters. The first-order chi connectivity index (χ1) is 6.04. The zero-order valence-corrected chi connectivity index (χ0v) is 10.0. The molecule has 0 heteroatoms. The van der Waals surface area contributed by atoms with E-state index in [1.807, 2.05) is 0 Å². The molecule has 1 fully saturated rings. The monoisotopic (exact) mass is 182 g/mol. The van der Waals surface area contributed by atoms with Gasteiger partial charge >= 0.3 is 0 Å². The third kappa shape index (κ3) is 2.48. The fraction of sp³-hybridized carbons (Fsp3) is 1.00. The van der Waals surface area contributed by atoms with Gasteiger partial charge in [-0.3, -0.25) is 0 Å². The first-order valence-electron chi connectivity index (χ1n) is 6.04. The molecule has 1 aliphatic rings. The lowest BCUT2D eigenvalue weighted by Gasteiger charge is -2.40. The fourth-order valence-corrected chi connectivity index (χ4v) is 3.19. The highest BCUT2D eigenvalue weighted by atomic mass is 14.4. The zero-order valence-electron chi connectivity index (χ0n) is 10.0. The van der Waals surface area contributed by atoms with E-state index in [4.69, 9.17) is 0 Å². The predicted molar refractivity (Wildman–Crippen MR) is 59.7 cm³/mol. The fourth-order valence-electron chi connectivity index (χ4n) is 3.19. The maximum atomic E-state index is 2.46. The van der Waals surface area contributed by atoms with E-state index >= 15 is 0 Å². The summed E-state index contributed by atoms with van der Waals surface area (Å²) in [4.78, 5) is 0. The van der Waals surface area contributed by atoms with Gasteiger partial charge in [0.05, 0.1) is 0 Å². The molecule has 78 valence electrons. The summed E-state index contributed by atoms with van der Waals surface area (Å²) >= 11 is 0. The average molecular weight is 182 g/mol. The van der Waals surface area contributed by atoms with Gasteiger partial charge in [0.25, 0.3) is 0 Å². The van der Waals surface area contributed by atoms with Gasteiger partial charge in [0.1, 0.15) is 0 Å². The normalized spacial score (nSPS) is 37.8. The Labute approximate surface area is 84.1 Å². The second kappa shape index (κ2) is 4.48. The van der Waals surface area contributed by atoms with Crippen molar-refractivity contribution >= 4 is 0 Å². The first-order valence-corrected chi connectivity index (χ1v) is 6.04. The largest absolute Gasteiger partial charge is 0.0625 e. The van der Waals surface area contributed by atoms with Crippen LogP contribution in [0.15, 0.2) is 0 Å². The Kier molecular flexibility index (Phi) is 3.82. The van der Waals surface area contributed by atoms with Gasteiger partial charge in [-0.15, -0.1) is 0 Å². The molecule has 13 heavy (non-hydrogen) atoms. The molecule has 3 unspecified atom stereocenters. The highest BCUT2D eigenvalue weighted by Crippen LogP contribution is 2.41. The highest BCUT2D eigenvalue weighted by molar-refractivity contribution is 4.82. The van der Waals surface area contributed by atoms with Crippen LogP contribution in [0, 0.1) is 29.6 Å². The van der Waals surface area contributed by atoms with Crippen LogP contribution in [0.1, 0.15) is 53.9 Å². The van der Waals surface area contributed by atoms with E-state index in [0.29, 0.717) is 0 Å². The van der Waals surface area contributed by atoms with Crippen LogP contribution in [-0.2, 0) is 0 Å². The third-order valence-corrected chi connectivity index (χ3v) is 4.29. The van der Waals surface area contributed by atoms with Crippen molar-refractivity contribution in [1.82, 2.24) is 0 Å². The second-order valence-electron chi connectivity index (χ2n) is 5.57. The molecule has 1 rings (SSSR count). The summed E-state index contributed by atoms with van der Waals surface area (Å²) in [7, 11) is 0. The summed E-state index contributed by atoms with van der Waals surface area (Å²) in [5, 5.41) is 0. The molecule has 0 aliphatic heterocycles. The van der Waals surface area contributed by atoms with Gasteiger partial charge in [-0.05, 0) is 29.6 Å². The molecule has 0 nitrogen and oxygen atoms in total. The summed E-state index contributed by atoms with van der Waals surface area (Å²) in [5.41, 5.74) is 0. The summed E-state index contributed by atoms with van der Waals surface area (Å²) in [6.07, 6.45) is 4.39. The molecule has 0 radical (unpaired) electrons. The van der Waals surface area contributed by atoms with Crippen molar-refractivity contribution < 1.29 is 0 Å². The van der Waals surface area contributed by atoms with E-state index < -0.39 is 0 Å². The lowest BCUT2D eigenvalue weighted by atomic mass is 9.65. The smallest absolute Gasteiger partial charge is 0.0334 e. The van der Waals surface area contributed by atoms with Crippen molar-refractivity contribution in [2.75, 3.05) is 0 Å². The van der Waals surface area contributed by atoms with Gasteiger partial charge in [-0.1, -0.05) is 53.9 Å². The summed E-state index contributed by atoms with van der Waals surface area (Å²) in [5.74, 6) is 4.66. The average Bonchev–Trinajstić information content (AvgIpc) is 2.03. The van der Waals surface area contributed by atoms with Gasteiger partial charge in [0, 0.05) is 0 Å². The lowest BCUT2D eigenvalue weighted by molar-refractivity contribution is 0.0945. The predicted octanol–water partition coefficient (Wildman–Crippen LogP) is 4.35. The molecule has 0 saturated heterocycles. The first kappa shape index (κ1) is 11.1. The molecule has 1 aliphatic carbocycles. The van der Waals surface area contributed by atoms with Crippen LogP contribution >= 0.6 is 0 Å². The topological polar surface area (TPSA) is 0 Å². The van der Waals surface area contributed by atoms with Crippen molar-refractivity contribution in [1.29, 1.82) is 0 Å². The Morgan fingerprint density at radius 1 is 0.923 bits per heavy atom. The minimum Gasteiger partial charge on any atom is -0.0625 e. The molecule has 0 N–H and O–H groups in total. The number of hydrogen-bond acceptors (Lipinski definition) is 0. The van der Waals surface area contributed by atoms with Gasteiger partial charge in [0.15, 0.2) is 0 Å². The van der Waals surface area contributed by atoms with Crippen molar-refractivity contribution in [3.63, 3.8) is 0 Å². The maximum Gasteiger partial charge on any atom is -0.0334 e. The van der Waals surface area contributed by atoms with Crippen molar-refractivity contribution in [3.8, 4) is 0 Å². The molecule has 0 spiro atoms. The molecule has 1 saturated carbocycles.